The van der Waals surface area contributed by atoms with E-state index in [0.717, 1.165) is 5.56 Å². The number of methoxy groups -OCH3 is 1. The van der Waals surface area contributed by atoms with Crippen molar-refractivity contribution in [2.45, 2.75) is 0 Å². The third kappa shape index (κ3) is 2.60. The molecule has 0 radical (unpaired) electrons. The molecule has 0 bridgehead atoms. The van der Waals surface area contributed by atoms with E-state index in [0.29, 0.717) is 11.4 Å². The zero-order valence-corrected chi connectivity index (χ0v) is 10.3. The quantitative estimate of drug-likeness (QED) is 0.865. The molecule has 4 nitrogen and oxygen atoms in total. The molecule has 1 aromatic heterocycles. The number of aromatic carboxylic acids is 1. The molecule has 18 heavy (non-hydrogen) atoms. The topological polar surface area (TPSA) is 59.4 Å². The summed E-state index contributed by atoms with van der Waals surface area (Å²) in [6, 6.07) is 9.97. The van der Waals surface area contributed by atoms with Crippen molar-refractivity contribution in [2.75, 3.05) is 7.11 Å². The summed E-state index contributed by atoms with van der Waals surface area (Å²) in [7, 11) is 1.56. The molecule has 1 aromatic carbocycles. The maximum atomic E-state index is 10.9. The predicted octanol–water partition coefficient (Wildman–Crippen LogP) is 3.11. The molecular formula is C13H10ClNO3. The Morgan fingerprint density at radius 2 is 2.11 bits per heavy atom. The Morgan fingerprint density at radius 1 is 1.33 bits per heavy atom. The van der Waals surface area contributed by atoms with Gasteiger partial charge in [0, 0.05) is 5.56 Å². The number of hydrogen-bond donors (Lipinski definition) is 1. The Hall–Kier alpha value is -2.07. The van der Waals surface area contributed by atoms with Crippen LogP contribution in [0.4, 0.5) is 0 Å². The minimum absolute atomic E-state index is 0.104. The van der Waals surface area contributed by atoms with E-state index in [-0.39, 0.29) is 10.7 Å². The van der Waals surface area contributed by atoms with Crippen molar-refractivity contribution < 1.29 is 14.6 Å². The molecule has 0 spiro atoms. The highest BCUT2D eigenvalue weighted by Gasteiger charge is 2.09. The molecule has 0 saturated carbocycles. The van der Waals surface area contributed by atoms with Gasteiger partial charge in [0.2, 0.25) is 0 Å². The SMILES string of the molecule is COc1cccc(-c2cc(C(=O)O)cc(Cl)n2)c1. The van der Waals surface area contributed by atoms with Gasteiger partial charge in [-0.05, 0) is 24.3 Å². The molecule has 0 atom stereocenters. The number of hydrogen-bond acceptors (Lipinski definition) is 3. The van der Waals surface area contributed by atoms with Crippen molar-refractivity contribution in [1.29, 1.82) is 0 Å². The van der Waals surface area contributed by atoms with Gasteiger partial charge in [-0.25, -0.2) is 9.78 Å². The highest BCUT2D eigenvalue weighted by atomic mass is 35.5. The van der Waals surface area contributed by atoms with Gasteiger partial charge in [0.05, 0.1) is 18.4 Å². The molecule has 92 valence electrons. The Morgan fingerprint density at radius 3 is 2.78 bits per heavy atom. The van der Waals surface area contributed by atoms with Gasteiger partial charge in [0.25, 0.3) is 0 Å². The van der Waals surface area contributed by atoms with Crippen LogP contribution in [0.15, 0.2) is 36.4 Å². The molecule has 1 heterocycles. The second-order valence-electron chi connectivity index (χ2n) is 3.60. The Kier molecular flexibility index (Phi) is 3.48. The van der Waals surface area contributed by atoms with Gasteiger partial charge < -0.3 is 9.84 Å². The van der Waals surface area contributed by atoms with Crippen molar-refractivity contribution in [2.24, 2.45) is 0 Å². The number of halogens is 1. The summed E-state index contributed by atoms with van der Waals surface area (Å²) in [6.45, 7) is 0. The third-order valence-corrected chi connectivity index (χ3v) is 2.60. The molecule has 1 N–H and O–H groups in total. The minimum atomic E-state index is -1.04. The second kappa shape index (κ2) is 5.06. The predicted molar refractivity (Wildman–Crippen MR) is 68.2 cm³/mol. The highest BCUT2D eigenvalue weighted by Crippen LogP contribution is 2.24. The first-order valence-corrected chi connectivity index (χ1v) is 5.53. The van der Waals surface area contributed by atoms with Gasteiger partial charge in [-0.2, -0.15) is 0 Å². The monoisotopic (exact) mass is 263 g/mol. The second-order valence-corrected chi connectivity index (χ2v) is 3.99. The molecule has 0 aliphatic rings. The lowest BCUT2D eigenvalue weighted by Crippen LogP contribution is -1.98. The molecule has 0 unspecified atom stereocenters. The van der Waals surface area contributed by atoms with Gasteiger partial charge in [0.1, 0.15) is 10.9 Å². The molecule has 0 saturated heterocycles. The highest BCUT2D eigenvalue weighted by molar-refractivity contribution is 6.29. The van der Waals surface area contributed by atoms with Crippen molar-refractivity contribution in [1.82, 2.24) is 4.98 Å². The molecule has 5 heteroatoms. The summed E-state index contributed by atoms with van der Waals surface area (Å²) in [5.74, 6) is -0.366. The van der Waals surface area contributed by atoms with E-state index in [1.165, 1.54) is 12.1 Å². The van der Waals surface area contributed by atoms with Gasteiger partial charge in [-0.15, -0.1) is 0 Å². The van der Waals surface area contributed by atoms with Crippen LogP contribution in [0.2, 0.25) is 5.15 Å². The van der Waals surface area contributed by atoms with Crippen molar-refractivity contribution in [3.05, 3.63) is 47.1 Å². The van der Waals surface area contributed by atoms with E-state index in [1.54, 1.807) is 25.3 Å². The summed E-state index contributed by atoms with van der Waals surface area (Å²) >= 11 is 5.81. The molecule has 2 rings (SSSR count). The fourth-order valence-corrected chi connectivity index (χ4v) is 1.76. The van der Waals surface area contributed by atoms with Crippen LogP contribution >= 0.6 is 11.6 Å². The van der Waals surface area contributed by atoms with Crippen LogP contribution in [-0.2, 0) is 0 Å². The minimum Gasteiger partial charge on any atom is -0.497 e. The maximum absolute atomic E-state index is 10.9. The van der Waals surface area contributed by atoms with Crippen LogP contribution < -0.4 is 4.74 Å². The number of pyridine rings is 1. The fourth-order valence-electron chi connectivity index (χ4n) is 1.55. The third-order valence-electron chi connectivity index (χ3n) is 2.41. The van der Waals surface area contributed by atoms with E-state index < -0.39 is 5.97 Å². The van der Waals surface area contributed by atoms with Gasteiger partial charge in [-0.3, -0.25) is 0 Å². The molecule has 0 aliphatic carbocycles. The van der Waals surface area contributed by atoms with Crippen LogP contribution in [0.25, 0.3) is 11.3 Å². The van der Waals surface area contributed by atoms with Gasteiger partial charge >= 0.3 is 5.97 Å². The molecule has 2 aromatic rings. The Bertz CT molecular complexity index is 599. The standard InChI is InChI=1S/C13H10ClNO3/c1-18-10-4-2-3-8(5-10)11-6-9(13(16)17)7-12(14)15-11/h2-7H,1H3,(H,16,17). The molecular weight excluding hydrogens is 254 g/mol. The fraction of sp³-hybridized carbons (Fsp3) is 0.0769. The van der Waals surface area contributed by atoms with Crippen molar-refractivity contribution >= 4 is 17.6 Å². The lowest BCUT2D eigenvalue weighted by atomic mass is 10.1. The summed E-state index contributed by atoms with van der Waals surface area (Å²) in [6.07, 6.45) is 0. The van der Waals surface area contributed by atoms with E-state index >= 15 is 0 Å². The zero-order valence-electron chi connectivity index (χ0n) is 9.55. The largest absolute Gasteiger partial charge is 0.497 e. The number of nitrogens with zero attached hydrogens (tertiary/aromatic N) is 1. The number of benzene rings is 1. The number of carbonyl (C=O) groups is 1. The van der Waals surface area contributed by atoms with Gasteiger partial charge in [0.15, 0.2) is 0 Å². The number of aromatic nitrogens is 1. The smallest absolute Gasteiger partial charge is 0.335 e. The average Bonchev–Trinajstić information content (AvgIpc) is 2.38. The number of carboxylic acids is 1. The summed E-state index contributed by atoms with van der Waals surface area (Å²) < 4.78 is 5.11. The number of ether oxygens (including phenoxy) is 1. The first kappa shape index (κ1) is 12.4. The van der Waals surface area contributed by atoms with Crippen LogP contribution in [0.1, 0.15) is 10.4 Å². The van der Waals surface area contributed by atoms with E-state index in [2.05, 4.69) is 4.98 Å². The van der Waals surface area contributed by atoms with Crippen LogP contribution in [0.3, 0.4) is 0 Å². The van der Waals surface area contributed by atoms with Crippen molar-refractivity contribution in [3.63, 3.8) is 0 Å². The first-order valence-electron chi connectivity index (χ1n) is 5.15. The van der Waals surface area contributed by atoms with Crippen LogP contribution in [0, 0.1) is 0 Å². The molecule has 0 fully saturated rings. The lowest BCUT2D eigenvalue weighted by molar-refractivity contribution is 0.0697. The van der Waals surface area contributed by atoms with E-state index in [4.69, 9.17) is 21.4 Å². The van der Waals surface area contributed by atoms with Crippen LogP contribution in [0.5, 0.6) is 5.75 Å². The van der Waals surface area contributed by atoms with Crippen LogP contribution in [-0.4, -0.2) is 23.2 Å². The number of carboxylic acid groups (broad SMARTS) is 1. The van der Waals surface area contributed by atoms with Gasteiger partial charge in [-0.1, -0.05) is 23.7 Å². The van der Waals surface area contributed by atoms with E-state index in [1.807, 2.05) is 6.07 Å². The Labute approximate surface area is 109 Å². The Balaban J connectivity index is 2.52. The zero-order chi connectivity index (χ0) is 13.1. The van der Waals surface area contributed by atoms with Crippen molar-refractivity contribution in [3.8, 4) is 17.0 Å². The molecule has 0 aliphatic heterocycles. The first-order chi connectivity index (χ1) is 8.60. The summed E-state index contributed by atoms with van der Waals surface area (Å²) in [5.41, 5.74) is 1.35. The summed E-state index contributed by atoms with van der Waals surface area (Å²) in [5, 5.41) is 9.12. The number of rotatable bonds is 3. The molecule has 0 amide bonds. The van der Waals surface area contributed by atoms with E-state index in [9.17, 15) is 4.79 Å². The average molecular weight is 264 g/mol. The lowest BCUT2D eigenvalue weighted by Gasteiger charge is -2.05. The summed E-state index contributed by atoms with van der Waals surface area (Å²) in [4.78, 5) is 15.1. The normalized spacial score (nSPS) is 10.1. The maximum Gasteiger partial charge on any atom is 0.335 e.